The van der Waals surface area contributed by atoms with Crippen LogP contribution >= 0.6 is 11.3 Å². The lowest BCUT2D eigenvalue weighted by atomic mass is 10.1. The fourth-order valence-electron chi connectivity index (χ4n) is 2.20. The minimum absolute atomic E-state index is 0.0954. The Balaban J connectivity index is 1.62. The molecule has 0 aliphatic heterocycles. The number of furan rings is 1. The van der Waals surface area contributed by atoms with Crippen LogP contribution < -0.4 is 10.6 Å². The molecule has 2 amide bonds. The summed E-state index contributed by atoms with van der Waals surface area (Å²) in [4.78, 5) is 24.8. The molecule has 1 unspecified atom stereocenters. The largest absolute Gasteiger partial charge is 0.459 e. The summed E-state index contributed by atoms with van der Waals surface area (Å²) in [6.07, 6.45) is 1.44. The molecule has 0 aliphatic rings. The monoisotopic (exact) mass is 340 g/mol. The molecule has 0 fully saturated rings. The summed E-state index contributed by atoms with van der Waals surface area (Å²) in [5.41, 5.74) is 1.04. The Morgan fingerprint density at radius 1 is 1.00 bits per heavy atom. The fourth-order valence-corrected chi connectivity index (χ4v) is 3.01. The van der Waals surface area contributed by atoms with E-state index in [4.69, 9.17) is 4.42 Å². The fraction of sp³-hybridized carbons (Fsp3) is 0.111. The number of hydrogen-bond acceptors (Lipinski definition) is 4. The summed E-state index contributed by atoms with van der Waals surface area (Å²) in [7, 11) is 0. The van der Waals surface area contributed by atoms with Gasteiger partial charge >= 0.3 is 0 Å². The number of thiophene rings is 1. The molecular weight excluding hydrogens is 324 g/mol. The first-order valence-corrected chi connectivity index (χ1v) is 8.25. The second-order valence-electron chi connectivity index (χ2n) is 5.20. The average molecular weight is 340 g/mol. The highest BCUT2D eigenvalue weighted by atomic mass is 32.1. The van der Waals surface area contributed by atoms with E-state index in [0.717, 1.165) is 5.56 Å². The van der Waals surface area contributed by atoms with Gasteiger partial charge in [0.25, 0.3) is 11.8 Å². The van der Waals surface area contributed by atoms with E-state index in [1.54, 1.807) is 24.3 Å². The molecular formula is C18H16N2O3S. The van der Waals surface area contributed by atoms with E-state index in [9.17, 15) is 9.59 Å². The molecule has 122 valence electrons. The Morgan fingerprint density at radius 2 is 1.79 bits per heavy atom. The van der Waals surface area contributed by atoms with Crippen molar-refractivity contribution in [1.82, 2.24) is 5.32 Å². The van der Waals surface area contributed by atoms with Gasteiger partial charge in [0.1, 0.15) is 0 Å². The van der Waals surface area contributed by atoms with Gasteiger partial charge in [0.15, 0.2) is 5.76 Å². The van der Waals surface area contributed by atoms with Crippen LogP contribution in [0.5, 0.6) is 0 Å². The van der Waals surface area contributed by atoms with E-state index in [0.29, 0.717) is 9.88 Å². The molecule has 0 radical (unpaired) electrons. The van der Waals surface area contributed by atoms with Crippen LogP contribution in [0.15, 0.2) is 65.3 Å². The molecule has 2 aromatic heterocycles. The number of rotatable bonds is 5. The van der Waals surface area contributed by atoms with E-state index in [-0.39, 0.29) is 23.6 Å². The summed E-state index contributed by atoms with van der Waals surface area (Å²) in [6.45, 7) is 1.93. The zero-order valence-corrected chi connectivity index (χ0v) is 13.8. The van der Waals surface area contributed by atoms with Crippen molar-refractivity contribution in [3.8, 4) is 0 Å². The van der Waals surface area contributed by atoms with Crippen molar-refractivity contribution < 1.29 is 14.0 Å². The molecule has 1 atom stereocenters. The Morgan fingerprint density at radius 3 is 2.50 bits per heavy atom. The van der Waals surface area contributed by atoms with Crippen molar-refractivity contribution in [3.05, 3.63) is 77.1 Å². The van der Waals surface area contributed by atoms with Crippen molar-refractivity contribution in [3.63, 3.8) is 0 Å². The van der Waals surface area contributed by atoms with Crippen molar-refractivity contribution >= 4 is 28.2 Å². The summed E-state index contributed by atoms with van der Waals surface area (Å²) < 4.78 is 5.04. The standard InChI is InChI=1S/C18H16N2O3S/c1-12(13-6-3-2-4-7-13)19-18(22)15-9-10-16(24-15)20-17(21)14-8-5-11-23-14/h2-12H,1H3,(H,19,22)(H,20,21). The minimum Gasteiger partial charge on any atom is -0.459 e. The van der Waals surface area contributed by atoms with Crippen LogP contribution in [0.2, 0.25) is 0 Å². The summed E-state index contributed by atoms with van der Waals surface area (Å²) >= 11 is 1.22. The second-order valence-corrected chi connectivity index (χ2v) is 6.28. The number of benzene rings is 1. The van der Waals surface area contributed by atoms with Gasteiger partial charge in [-0.3, -0.25) is 9.59 Å². The van der Waals surface area contributed by atoms with Gasteiger partial charge in [0, 0.05) is 0 Å². The van der Waals surface area contributed by atoms with Gasteiger partial charge in [0.05, 0.1) is 22.2 Å². The summed E-state index contributed by atoms with van der Waals surface area (Å²) in [5.74, 6) is -0.284. The zero-order valence-electron chi connectivity index (χ0n) is 13.0. The molecule has 0 saturated heterocycles. The normalized spacial score (nSPS) is 11.7. The SMILES string of the molecule is CC(NC(=O)c1ccc(NC(=O)c2ccco2)s1)c1ccccc1. The topological polar surface area (TPSA) is 71.3 Å². The van der Waals surface area contributed by atoms with Crippen molar-refractivity contribution in [2.24, 2.45) is 0 Å². The number of hydrogen-bond donors (Lipinski definition) is 2. The molecule has 0 bridgehead atoms. The highest BCUT2D eigenvalue weighted by Gasteiger charge is 2.15. The van der Waals surface area contributed by atoms with Crippen molar-refractivity contribution in [1.29, 1.82) is 0 Å². The highest BCUT2D eigenvalue weighted by molar-refractivity contribution is 7.18. The molecule has 0 saturated carbocycles. The van der Waals surface area contributed by atoms with Gasteiger partial charge < -0.3 is 15.1 Å². The highest BCUT2D eigenvalue weighted by Crippen LogP contribution is 2.23. The van der Waals surface area contributed by atoms with Crippen LogP contribution in [0.4, 0.5) is 5.00 Å². The van der Waals surface area contributed by atoms with E-state index in [1.807, 2.05) is 37.3 Å². The van der Waals surface area contributed by atoms with Crippen molar-refractivity contribution in [2.75, 3.05) is 5.32 Å². The second kappa shape index (κ2) is 7.14. The van der Waals surface area contributed by atoms with E-state index in [1.165, 1.54) is 17.6 Å². The third kappa shape index (κ3) is 3.72. The van der Waals surface area contributed by atoms with Gasteiger partial charge in [-0.2, -0.15) is 0 Å². The smallest absolute Gasteiger partial charge is 0.291 e. The van der Waals surface area contributed by atoms with Crippen LogP contribution in [0.1, 0.15) is 38.8 Å². The number of carbonyl (C=O) groups is 2. The molecule has 2 N–H and O–H groups in total. The predicted molar refractivity (Wildman–Crippen MR) is 93.3 cm³/mol. The molecule has 1 aromatic carbocycles. The lowest BCUT2D eigenvalue weighted by Gasteiger charge is -2.13. The number of carbonyl (C=O) groups excluding carboxylic acids is 2. The van der Waals surface area contributed by atoms with Gasteiger partial charge in [-0.15, -0.1) is 11.3 Å². The number of amides is 2. The average Bonchev–Trinajstić information content (AvgIpc) is 3.27. The number of anilines is 1. The first-order valence-electron chi connectivity index (χ1n) is 7.44. The van der Waals surface area contributed by atoms with Gasteiger partial charge in [-0.25, -0.2) is 0 Å². The molecule has 3 rings (SSSR count). The maximum Gasteiger partial charge on any atom is 0.291 e. The molecule has 0 aliphatic carbocycles. The van der Waals surface area contributed by atoms with Crippen LogP contribution in [-0.2, 0) is 0 Å². The minimum atomic E-state index is -0.341. The Bertz CT molecular complexity index is 825. The van der Waals surface area contributed by atoms with Gasteiger partial charge in [0.2, 0.25) is 0 Å². The van der Waals surface area contributed by atoms with E-state index in [2.05, 4.69) is 10.6 Å². The molecule has 5 nitrogen and oxygen atoms in total. The van der Waals surface area contributed by atoms with Crippen LogP contribution in [0, 0.1) is 0 Å². The van der Waals surface area contributed by atoms with Crippen LogP contribution in [0.25, 0.3) is 0 Å². The maximum absolute atomic E-state index is 12.3. The first kappa shape index (κ1) is 16.0. The quantitative estimate of drug-likeness (QED) is 0.735. The predicted octanol–water partition coefficient (Wildman–Crippen LogP) is 4.08. The first-order chi connectivity index (χ1) is 11.6. The molecule has 3 aromatic rings. The third-order valence-corrected chi connectivity index (χ3v) is 4.46. The molecule has 6 heteroatoms. The van der Waals surface area contributed by atoms with Gasteiger partial charge in [-0.1, -0.05) is 30.3 Å². The Hall–Kier alpha value is -2.86. The molecule has 2 heterocycles. The van der Waals surface area contributed by atoms with Crippen LogP contribution in [0.3, 0.4) is 0 Å². The third-order valence-electron chi connectivity index (χ3n) is 3.46. The number of nitrogens with one attached hydrogen (secondary N) is 2. The Kier molecular flexibility index (Phi) is 4.77. The summed E-state index contributed by atoms with van der Waals surface area (Å²) in [5, 5.41) is 6.25. The van der Waals surface area contributed by atoms with Crippen LogP contribution in [-0.4, -0.2) is 11.8 Å². The van der Waals surface area contributed by atoms with E-state index >= 15 is 0 Å². The van der Waals surface area contributed by atoms with E-state index < -0.39 is 0 Å². The zero-order chi connectivity index (χ0) is 16.9. The molecule has 0 spiro atoms. The Labute approximate surface area is 143 Å². The van der Waals surface area contributed by atoms with Gasteiger partial charge in [-0.05, 0) is 36.8 Å². The lowest BCUT2D eigenvalue weighted by molar-refractivity contribution is 0.0942. The maximum atomic E-state index is 12.3. The molecule has 24 heavy (non-hydrogen) atoms. The van der Waals surface area contributed by atoms with Crippen molar-refractivity contribution in [2.45, 2.75) is 13.0 Å². The lowest BCUT2D eigenvalue weighted by Crippen LogP contribution is -2.25. The summed E-state index contributed by atoms with van der Waals surface area (Å²) in [6, 6.07) is 16.3.